The first-order valence-electron chi connectivity index (χ1n) is 6.74. The number of hydrogen-bond donors (Lipinski definition) is 1. The molecule has 1 aliphatic carbocycles. The second kappa shape index (κ2) is 6.14. The maximum atomic E-state index is 13.1. The van der Waals surface area contributed by atoms with Crippen LogP contribution in [0.4, 0.5) is 4.39 Å². The summed E-state index contributed by atoms with van der Waals surface area (Å²) >= 11 is 0. The summed E-state index contributed by atoms with van der Waals surface area (Å²) in [4.78, 5) is 2.25. The Hall–Kier alpha value is -1.44. The maximum Gasteiger partial charge on any atom is 0.124 e. The molecule has 0 bridgehead atoms. The van der Waals surface area contributed by atoms with Crippen molar-refractivity contribution >= 4 is 0 Å². The van der Waals surface area contributed by atoms with E-state index in [0.29, 0.717) is 30.6 Å². The van der Waals surface area contributed by atoms with Crippen LogP contribution in [0.25, 0.3) is 0 Å². The van der Waals surface area contributed by atoms with Gasteiger partial charge in [0.1, 0.15) is 5.82 Å². The minimum Gasteiger partial charge on any atom is -0.330 e. The molecule has 2 rings (SSSR count). The van der Waals surface area contributed by atoms with Crippen molar-refractivity contribution in [3.8, 4) is 6.07 Å². The summed E-state index contributed by atoms with van der Waals surface area (Å²) in [6.45, 7) is 1.38. The number of nitriles is 1. The predicted molar refractivity (Wildman–Crippen MR) is 72.8 cm³/mol. The Labute approximate surface area is 113 Å². The minimum atomic E-state index is -0.358. The molecule has 0 radical (unpaired) electrons. The molecule has 19 heavy (non-hydrogen) atoms. The molecule has 1 aromatic rings. The predicted octanol–water partition coefficient (Wildman–Crippen LogP) is 2.26. The Morgan fingerprint density at radius 3 is 2.95 bits per heavy atom. The molecule has 0 aliphatic heterocycles. The molecule has 4 heteroatoms. The summed E-state index contributed by atoms with van der Waals surface area (Å²) < 4.78 is 13.1. The van der Waals surface area contributed by atoms with E-state index in [0.717, 1.165) is 12.0 Å². The number of rotatable bonds is 4. The topological polar surface area (TPSA) is 53.0 Å². The summed E-state index contributed by atoms with van der Waals surface area (Å²) in [5.41, 5.74) is 7.11. The lowest BCUT2D eigenvalue weighted by Crippen LogP contribution is -2.37. The van der Waals surface area contributed by atoms with Gasteiger partial charge in [-0.25, -0.2) is 4.39 Å². The number of nitrogens with zero attached hydrogens (tertiary/aromatic N) is 2. The van der Waals surface area contributed by atoms with E-state index in [1.165, 1.54) is 25.0 Å². The zero-order chi connectivity index (χ0) is 13.8. The van der Waals surface area contributed by atoms with Gasteiger partial charge in [-0.05, 0) is 50.0 Å². The van der Waals surface area contributed by atoms with Crippen LogP contribution in [0.3, 0.4) is 0 Å². The average molecular weight is 261 g/mol. The van der Waals surface area contributed by atoms with Crippen LogP contribution in [0.2, 0.25) is 0 Å². The molecule has 1 fully saturated rings. The van der Waals surface area contributed by atoms with Gasteiger partial charge in [0.25, 0.3) is 0 Å². The standard InChI is InChI=1S/C15H20FN3/c1-19(15-4-2-3-11(15)8-17)10-12-5-6-14(16)7-13(12)9-18/h5-7,11,15H,2-4,8,10,17H2,1H3. The van der Waals surface area contributed by atoms with Gasteiger partial charge in [-0.15, -0.1) is 0 Å². The number of benzene rings is 1. The van der Waals surface area contributed by atoms with Crippen LogP contribution in [0.15, 0.2) is 18.2 Å². The van der Waals surface area contributed by atoms with Gasteiger partial charge in [0.05, 0.1) is 11.6 Å². The van der Waals surface area contributed by atoms with Crippen molar-refractivity contribution in [2.24, 2.45) is 11.7 Å². The van der Waals surface area contributed by atoms with Gasteiger partial charge in [-0.2, -0.15) is 5.26 Å². The minimum absolute atomic E-state index is 0.358. The summed E-state index contributed by atoms with van der Waals surface area (Å²) in [5, 5.41) is 9.06. The van der Waals surface area contributed by atoms with Crippen LogP contribution in [0.1, 0.15) is 30.4 Å². The third kappa shape index (κ3) is 3.12. The molecule has 0 spiro atoms. The monoisotopic (exact) mass is 261 g/mol. The fourth-order valence-electron chi connectivity index (χ4n) is 3.05. The molecule has 2 unspecified atom stereocenters. The Kier molecular flexibility index (Phi) is 4.52. The average Bonchev–Trinajstić information content (AvgIpc) is 2.89. The van der Waals surface area contributed by atoms with Gasteiger partial charge in [-0.3, -0.25) is 4.90 Å². The molecule has 1 aliphatic rings. The van der Waals surface area contributed by atoms with Gasteiger partial charge in [0.15, 0.2) is 0 Å². The summed E-state index contributed by atoms with van der Waals surface area (Å²) in [7, 11) is 2.06. The quantitative estimate of drug-likeness (QED) is 0.904. The van der Waals surface area contributed by atoms with Gasteiger partial charge in [0, 0.05) is 12.6 Å². The Bertz CT molecular complexity index is 481. The molecule has 1 saturated carbocycles. The maximum absolute atomic E-state index is 13.1. The second-order valence-electron chi connectivity index (χ2n) is 5.32. The molecule has 0 aromatic heterocycles. The van der Waals surface area contributed by atoms with Crippen molar-refractivity contribution in [3.05, 3.63) is 35.1 Å². The molecule has 1 aromatic carbocycles. The molecule has 102 valence electrons. The molecule has 0 saturated heterocycles. The first-order chi connectivity index (χ1) is 9.15. The normalized spacial score (nSPS) is 22.7. The summed E-state index contributed by atoms with van der Waals surface area (Å²) in [5.74, 6) is 0.180. The van der Waals surface area contributed by atoms with Crippen LogP contribution in [-0.2, 0) is 6.54 Å². The van der Waals surface area contributed by atoms with Crippen molar-refractivity contribution in [1.29, 1.82) is 5.26 Å². The zero-order valence-electron chi connectivity index (χ0n) is 11.3. The van der Waals surface area contributed by atoms with Crippen molar-refractivity contribution < 1.29 is 4.39 Å². The highest BCUT2D eigenvalue weighted by atomic mass is 19.1. The van der Waals surface area contributed by atoms with E-state index in [-0.39, 0.29) is 5.82 Å². The first-order valence-corrected chi connectivity index (χ1v) is 6.74. The molecule has 0 heterocycles. The van der Waals surface area contributed by atoms with E-state index in [1.807, 2.05) is 0 Å². The molecule has 2 N–H and O–H groups in total. The van der Waals surface area contributed by atoms with Crippen LogP contribution < -0.4 is 5.73 Å². The smallest absolute Gasteiger partial charge is 0.124 e. The van der Waals surface area contributed by atoms with Crippen molar-refractivity contribution in [3.63, 3.8) is 0 Å². The summed E-state index contributed by atoms with van der Waals surface area (Å²) in [6, 6.07) is 6.96. The molecular formula is C15H20FN3. The van der Waals surface area contributed by atoms with Crippen LogP contribution in [-0.4, -0.2) is 24.5 Å². The second-order valence-corrected chi connectivity index (χ2v) is 5.32. The molecule has 2 atom stereocenters. The number of hydrogen-bond acceptors (Lipinski definition) is 3. The first kappa shape index (κ1) is 14.0. The van der Waals surface area contributed by atoms with E-state index < -0.39 is 0 Å². The van der Waals surface area contributed by atoms with Crippen molar-refractivity contribution in [2.45, 2.75) is 31.8 Å². The molecule has 0 amide bonds. The highest BCUT2D eigenvalue weighted by Crippen LogP contribution is 2.29. The number of halogens is 1. The van der Waals surface area contributed by atoms with Crippen molar-refractivity contribution in [1.82, 2.24) is 4.90 Å². The van der Waals surface area contributed by atoms with Gasteiger partial charge >= 0.3 is 0 Å². The van der Waals surface area contributed by atoms with Gasteiger partial charge in [0.2, 0.25) is 0 Å². The highest BCUT2D eigenvalue weighted by Gasteiger charge is 2.29. The highest BCUT2D eigenvalue weighted by molar-refractivity contribution is 5.37. The van der Waals surface area contributed by atoms with E-state index in [1.54, 1.807) is 6.07 Å². The van der Waals surface area contributed by atoms with E-state index in [2.05, 4.69) is 18.0 Å². The van der Waals surface area contributed by atoms with E-state index in [9.17, 15) is 4.39 Å². The zero-order valence-corrected chi connectivity index (χ0v) is 11.3. The lowest BCUT2D eigenvalue weighted by atomic mass is 10.0. The van der Waals surface area contributed by atoms with Crippen LogP contribution >= 0.6 is 0 Å². The van der Waals surface area contributed by atoms with Crippen LogP contribution in [0.5, 0.6) is 0 Å². The Morgan fingerprint density at radius 2 is 2.26 bits per heavy atom. The van der Waals surface area contributed by atoms with Gasteiger partial charge in [-0.1, -0.05) is 12.5 Å². The van der Waals surface area contributed by atoms with Crippen molar-refractivity contribution in [2.75, 3.05) is 13.6 Å². The lowest BCUT2D eigenvalue weighted by Gasteiger charge is -2.29. The third-order valence-corrected chi connectivity index (χ3v) is 4.10. The molecular weight excluding hydrogens is 241 g/mol. The Balaban J connectivity index is 2.11. The molecule has 3 nitrogen and oxygen atoms in total. The third-order valence-electron chi connectivity index (χ3n) is 4.10. The largest absolute Gasteiger partial charge is 0.330 e. The lowest BCUT2D eigenvalue weighted by molar-refractivity contribution is 0.192. The van der Waals surface area contributed by atoms with Crippen LogP contribution in [0, 0.1) is 23.1 Å². The van der Waals surface area contributed by atoms with Gasteiger partial charge < -0.3 is 5.73 Å². The fraction of sp³-hybridized carbons (Fsp3) is 0.533. The van der Waals surface area contributed by atoms with E-state index in [4.69, 9.17) is 11.0 Å². The Morgan fingerprint density at radius 1 is 1.47 bits per heavy atom. The fourth-order valence-corrected chi connectivity index (χ4v) is 3.05. The SMILES string of the molecule is CN(Cc1ccc(F)cc1C#N)C1CCCC1CN. The van der Waals surface area contributed by atoms with E-state index >= 15 is 0 Å². The summed E-state index contributed by atoms with van der Waals surface area (Å²) in [6.07, 6.45) is 3.55. The number of nitrogens with two attached hydrogens (primary N) is 1.